The summed E-state index contributed by atoms with van der Waals surface area (Å²) in [6.45, 7) is 1.40. The molecule has 0 aromatic carbocycles. The number of carbonyl (C=O) groups excluding carboxylic acids is 1. The molecule has 0 unspecified atom stereocenters. The molecule has 1 N–H and O–H groups in total. The van der Waals surface area contributed by atoms with Crippen LogP contribution in [0.5, 0.6) is 0 Å². The van der Waals surface area contributed by atoms with E-state index in [0.29, 0.717) is 11.4 Å². The third-order valence-electron chi connectivity index (χ3n) is 3.14. The summed E-state index contributed by atoms with van der Waals surface area (Å²) in [7, 11) is 0. The number of rotatable bonds is 4. The number of ether oxygens (including phenoxy) is 1. The van der Waals surface area contributed by atoms with Crippen LogP contribution >= 0.6 is 11.3 Å². The minimum absolute atomic E-state index is 0.0432. The summed E-state index contributed by atoms with van der Waals surface area (Å²) in [5, 5.41) is 4.85. The summed E-state index contributed by atoms with van der Waals surface area (Å²) < 4.78 is 10.8. The van der Waals surface area contributed by atoms with E-state index in [0.717, 1.165) is 30.8 Å². The number of amides is 1. The van der Waals surface area contributed by atoms with Crippen molar-refractivity contribution in [1.82, 2.24) is 5.32 Å². The van der Waals surface area contributed by atoms with Gasteiger partial charge in [0.25, 0.3) is 5.91 Å². The summed E-state index contributed by atoms with van der Waals surface area (Å²) >= 11 is 1.43. The Bertz CT molecular complexity index is 541. The monoisotopic (exact) mass is 277 g/mol. The fourth-order valence-corrected chi connectivity index (χ4v) is 2.94. The molecule has 1 amide bonds. The van der Waals surface area contributed by atoms with E-state index in [1.807, 2.05) is 23.6 Å². The average molecular weight is 277 g/mol. The number of furan rings is 1. The van der Waals surface area contributed by atoms with Crippen LogP contribution in [0.3, 0.4) is 0 Å². The van der Waals surface area contributed by atoms with Crippen molar-refractivity contribution in [2.24, 2.45) is 0 Å². The molecule has 0 spiro atoms. The van der Waals surface area contributed by atoms with Crippen LogP contribution in [0.1, 0.15) is 22.5 Å². The van der Waals surface area contributed by atoms with Gasteiger partial charge in [-0.3, -0.25) is 4.79 Å². The molecule has 1 atom stereocenters. The lowest BCUT2D eigenvalue weighted by atomic mass is 10.2. The van der Waals surface area contributed by atoms with Gasteiger partial charge < -0.3 is 14.5 Å². The molecule has 3 heterocycles. The Balaban J connectivity index is 1.60. The molecule has 5 heteroatoms. The smallest absolute Gasteiger partial charge is 0.261 e. The maximum Gasteiger partial charge on any atom is 0.261 e. The number of thiophene rings is 1. The first-order valence-electron chi connectivity index (χ1n) is 6.35. The van der Waals surface area contributed by atoms with E-state index in [1.165, 1.54) is 11.3 Å². The highest BCUT2D eigenvalue weighted by atomic mass is 32.1. The maximum atomic E-state index is 12.0. The van der Waals surface area contributed by atoms with Crippen LogP contribution in [0.15, 0.2) is 34.3 Å². The molecule has 19 heavy (non-hydrogen) atoms. The van der Waals surface area contributed by atoms with Crippen LogP contribution in [0.4, 0.5) is 0 Å². The molecule has 1 aliphatic heterocycles. The van der Waals surface area contributed by atoms with Crippen molar-refractivity contribution in [2.75, 3.05) is 13.2 Å². The Morgan fingerprint density at radius 2 is 2.47 bits per heavy atom. The van der Waals surface area contributed by atoms with Gasteiger partial charge in [-0.2, -0.15) is 0 Å². The summed E-state index contributed by atoms with van der Waals surface area (Å²) in [5.41, 5.74) is 0.942. The van der Waals surface area contributed by atoms with Crippen LogP contribution in [0.2, 0.25) is 0 Å². The van der Waals surface area contributed by atoms with Crippen LogP contribution in [0.25, 0.3) is 11.3 Å². The zero-order valence-electron chi connectivity index (χ0n) is 10.4. The van der Waals surface area contributed by atoms with Gasteiger partial charge in [-0.1, -0.05) is 0 Å². The molecular formula is C14H15NO3S. The molecular weight excluding hydrogens is 262 g/mol. The highest BCUT2D eigenvalue weighted by Gasteiger charge is 2.17. The zero-order chi connectivity index (χ0) is 13.1. The molecule has 4 nitrogen and oxygen atoms in total. The quantitative estimate of drug-likeness (QED) is 0.935. The van der Waals surface area contributed by atoms with Crippen molar-refractivity contribution in [3.8, 4) is 11.3 Å². The largest absolute Gasteiger partial charge is 0.464 e. The number of hydrogen-bond acceptors (Lipinski definition) is 4. The Morgan fingerprint density at radius 3 is 3.21 bits per heavy atom. The van der Waals surface area contributed by atoms with Crippen molar-refractivity contribution >= 4 is 17.2 Å². The zero-order valence-corrected chi connectivity index (χ0v) is 11.2. The first kappa shape index (κ1) is 12.4. The highest BCUT2D eigenvalue weighted by Crippen LogP contribution is 2.25. The first-order valence-corrected chi connectivity index (χ1v) is 7.23. The molecule has 1 saturated heterocycles. The number of carbonyl (C=O) groups is 1. The standard InChI is InChI=1S/C14H15NO3S/c16-14(15-8-11-3-1-5-17-11)13-7-10(9-19-13)12-4-2-6-18-12/h2,4,6-7,9,11H,1,3,5,8H2,(H,15,16)/t11-/m1/s1. The second-order valence-corrected chi connectivity index (χ2v) is 5.43. The van der Waals surface area contributed by atoms with Crippen LogP contribution < -0.4 is 5.32 Å². The minimum Gasteiger partial charge on any atom is -0.464 e. The molecule has 0 bridgehead atoms. The maximum absolute atomic E-state index is 12.0. The van der Waals surface area contributed by atoms with Crippen molar-refractivity contribution in [1.29, 1.82) is 0 Å². The predicted molar refractivity (Wildman–Crippen MR) is 73.3 cm³/mol. The van der Waals surface area contributed by atoms with Gasteiger partial charge in [0.1, 0.15) is 5.76 Å². The second-order valence-electron chi connectivity index (χ2n) is 4.52. The Morgan fingerprint density at radius 1 is 1.53 bits per heavy atom. The van der Waals surface area contributed by atoms with Crippen molar-refractivity contribution in [2.45, 2.75) is 18.9 Å². The Kier molecular flexibility index (Phi) is 3.66. The summed E-state index contributed by atoms with van der Waals surface area (Å²) in [6, 6.07) is 5.58. The van der Waals surface area contributed by atoms with Crippen LogP contribution in [-0.2, 0) is 4.74 Å². The molecule has 0 aliphatic carbocycles. The van der Waals surface area contributed by atoms with Gasteiger partial charge in [0, 0.05) is 24.1 Å². The third-order valence-corrected chi connectivity index (χ3v) is 4.07. The van der Waals surface area contributed by atoms with Gasteiger partial charge in [0.2, 0.25) is 0 Å². The number of hydrogen-bond donors (Lipinski definition) is 1. The van der Waals surface area contributed by atoms with Gasteiger partial charge in [-0.15, -0.1) is 11.3 Å². The molecule has 2 aromatic rings. The van der Waals surface area contributed by atoms with Gasteiger partial charge in [0.15, 0.2) is 0 Å². The topological polar surface area (TPSA) is 51.5 Å². The van der Waals surface area contributed by atoms with E-state index in [9.17, 15) is 4.79 Å². The fourth-order valence-electron chi connectivity index (χ4n) is 2.13. The van der Waals surface area contributed by atoms with Crippen molar-refractivity contribution in [3.05, 3.63) is 34.7 Å². The molecule has 3 rings (SSSR count). The third kappa shape index (κ3) is 2.88. The van der Waals surface area contributed by atoms with Gasteiger partial charge in [-0.25, -0.2) is 0 Å². The highest BCUT2D eigenvalue weighted by molar-refractivity contribution is 7.12. The fraction of sp³-hybridized carbons (Fsp3) is 0.357. The average Bonchev–Trinajstić information content (AvgIpc) is 3.14. The predicted octanol–water partition coefficient (Wildman–Crippen LogP) is 2.92. The second kappa shape index (κ2) is 5.59. The van der Waals surface area contributed by atoms with Crippen LogP contribution in [-0.4, -0.2) is 25.2 Å². The summed E-state index contributed by atoms with van der Waals surface area (Å²) in [5.74, 6) is 0.743. The van der Waals surface area contributed by atoms with Gasteiger partial charge >= 0.3 is 0 Å². The molecule has 2 aromatic heterocycles. The van der Waals surface area contributed by atoms with Gasteiger partial charge in [-0.05, 0) is 31.0 Å². The molecule has 0 radical (unpaired) electrons. The van der Waals surface area contributed by atoms with Crippen molar-refractivity contribution in [3.63, 3.8) is 0 Å². The molecule has 1 aliphatic rings. The van der Waals surface area contributed by atoms with E-state index in [-0.39, 0.29) is 12.0 Å². The SMILES string of the molecule is O=C(NC[C@H]1CCCO1)c1cc(-c2ccco2)cs1. The van der Waals surface area contributed by atoms with Gasteiger partial charge in [0.05, 0.1) is 17.2 Å². The van der Waals surface area contributed by atoms with E-state index < -0.39 is 0 Å². The lowest BCUT2D eigenvalue weighted by molar-refractivity contribution is 0.0861. The molecule has 1 fully saturated rings. The molecule has 0 saturated carbocycles. The minimum atomic E-state index is -0.0432. The number of nitrogens with one attached hydrogen (secondary N) is 1. The van der Waals surface area contributed by atoms with E-state index in [4.69, 9.17) is 9.15 Å². The lowest BCUT2D eigenvalue weighted by Crippen LogP contribution is -2.31. The van der Waals surface area contributed by atoms with Crippen molar-refractivity contribution < 1.29 is 13.9 Å². The van der Waals surface area contributed by atoms with Crippen LogP contribution in [0, 0.1) is 0 Å². The summed E-state index contributed by atoms with van der Waals surface area (Å²) in [4.78, 5) is 12.7. The Labute approximate surface area is 115 Å². The van der Waals surface area contributed by atoms with E-state index in [2.05, 4.69) is 5.32 Å². The first-order chi connectivity index (χ1) is 9.33. The molecule has 100 valence electrons. The van der Waals surface area contributed by atoms with E-state index in [1.54, 1.807) is 6.26 Å². The lowest BCUT2D eigenvalue weighted by Gasteiger charge is -2.09. The summed E-state index contributed by atoms with van der Waals surface area (Å²) in [6.07, 6.45) is 3.92. The normalized spacial score (nSPS) is 18.6. The Hall–Kier alpha value is -1.59. The van der Waals surface area contributed by atoms with E-state index >= 15 is 0 Å².